The average Bonchev–Trinajstić information content (AvgIpc) is 2.99. The van der Waals surface area contributed by atoms with Crippen molar-refractivity contribution in [1.29, 1.82) is 0 Å². The third-order valence-corrected chi connectivity index (χ3v) is 5.82. The van der Waals surface area contributed by atoms with Crippen molar-refractivity contribution in [2.45, 2.75) is 36.3 Å². The van der Waals surface area contributed by atoms with E-state index < -0.39 is 10.0 Å². The first-order chi connectivity index (χ1) is 8.97. The maximum absolute atomic E-state index is 11.8. The molecule has 19 heavy (non-hydrogen) atoms. The van der Waals surface area contributed by atoms with Crippen molar-refractivity contribution in [2.24, 2.45) is 11.1 Å². The van der Waals surface area contributed by atoms with Crippen LogP contribution in [0.1, 0.15) is 42.5 Å². The van der Waals surface area contributed by atoms with E-state index in [1.807, 2.05) is 0 Å². The second-order valence-corrected chi connectivity index (χ2v) is 7.59. The number of carbonyl (C=O) groups is 1. The molecule has 1 amide bonds. The van der Waals surface area contributed by atoms with Crippen LogP contribution in [-0.2, 0) is 10.0 Å². The van der Waals surface area contributed by atoms with Crippen LogP contribution in [0, 0.1) is 5.92 Å². The number of amides is 1. The van der Waals surface area contributed by atoms with E-state index in [1.165, 1.54) is 37.1 Å². The summed E-state index contributed by atoms with van der Waals surface area (Å²) in [5, 5.41) is 9.35. The van der Waals surface area contributed by atoms with Crippen LogP contribution in [0.3, 0.4) is 0 Å². The minimum atomic E-state index is -3.71. The highest BCUT2D eigenvalue weighted by atomic mass is 32.2. The molecule has 0 unspecified atom stereocenters. The van der Waals surface area contributed by atoms with Gasteiger partial charge in [-0.25, -0.2) is 13.6 Å². The Morgan fingerprint density at radius 3 is 2.68 bits per heavy atom. The molecular weight excluding hydrogens is 284 g/mol. The first-order valence-corrected chi connectivity index (χ1v) is 8.79. The molecule has 7 heteroatoms. The summed E-state index contributed by atoms with van der Waals surface area (Å²) in [6, 6.07) is 1.32. The summed E-state index contributed by atoms with van der Waals surface area (Å²) in [5.74, 6) is 0.493. The lowest BCUT2D eigenvalue weighted by Crippen LogP contribution is -2.25. The number of rotatable bonds is 5. The lowest BCUT2D eigenvalue weighted by Gasteiger charge is -2.09. The fourth-order valence-corrected chi connectivity index (χ4v) is 3.96. The zero-order valence-electron chi connectivity index (χ0n) is 10.6. The van der Waals surface area contributed by atoms with Gasteiger partial charge < -0.3 is 5.32 Å². The molecule has 2 rings (SSSR count). The molecule has 1 saturated carbocycles. The molecular formula is C12H18N2O3S2. The van der Waals surface area contributed by atoms with Gasteiger partial charge >= 0.3 is 0 Å². The minimum Gasteiger partial charge on any atom is -0.352 e. The largest absolute Gasteiger partial charge is 0.352 e. The average molecular weight is 302 g/mol. The Kier molecular flexibility index (Phi) is 4.59. The van der Waals surface area contributed by atoms with Crippen molar-refractivity contribution in [2.75, 3.05) is 6.54 Å². The fraction of sp³-hybridized carbons (Fsp3) is 0.583. The molecule has 0 atom stereocenters. The third kappa shape index (κ3) is 4.02. The number of hydrogen-bond acceptors (Lipinski definition) is 4. The van der Waals surface area contributed by atoms with Crippen LogP contribution < -0.4 is 10.5 Å². The van der Waals surface area contributed by atoms with E-state index in [0.29, 0.717) is 12.1 Å². The first-order valence-electron chi connectivity index (χ1n) is 6.36. The Hall–Kier alpha value is -0.920. The molecule has 1 aromatic heterocycles. The number of nitrogens with two attached hydrogens (primary N) is 1. The molecule has 3 N–H and O–H groups in total. The topological polar surface area (TPSA) is 89.3 Å². The quantitative estimate of drug-likeness (QED) is 0.867. The zero-order chi connectivity index (χ0) is 13.9. The number of sulfonamides is 1. The van der Waals surface area contributed by atoms with Crippen molar-refractivity contribution in [1.82, 2.24) is 5.32 Å². The third-order valence-electron chi connectivity index (χ3n) is 3.43. The molecule has 1 aliphatic rings. The van der Waals surface area contributed by atoms with E-state index in [1.54, 1.807) is 0 Å². The number of thiophene rings is 1. The predicted molar refractivity (Wildman–Crippen MR) is 74.6 cm³/mol. The van der Waals surface area contributed by atoms with Crippen LogP contribution in [0.15, 0.2) is 15.7 Å². The molecule has 5 nitrogen and oxygen atoms in total. The molecule has 0 bridgehead atoms. The number of primary sulfonamides is 1. The van der Waals surface area contributed by atoms with E-state index >= 15 is 0 Å². The van der Waals surface area contributed by atoms with Crippen LogP contribution in [0.4, 0.5) is 0 Å². The SMILES string of the molecule is NS(=O)(=O)c1cc(C(=O)NCCC2CCCC2)cs1. The molecule has 0 spiro atoms. The maximum Gasteiger partial charge on any atom is 0.252 e. The lowest BCUT2D eigenvalue weighted by atomic mass is 10.0. The molecule has 0 radical (unpaired) electrons. The van der Waals surface area contributed by atoms with Crippen LogP contribution in [0.25, 0.3) is 0 Å². The number of nitrogens with one attached hydrogen (secondary N) is 1. The Morgan fingerprint density at radius 1 is 1.42 bits per heavy atom. The second kappa shape index (κ2) is 6.02. The summed E-state index contributed by atoms with van der Waals surface area (Å²) in [4.78, 5) is 11.8. The Morgan fingerprint density at radius 2 is 2.11 bits per heavy atom. The molecule has 106 valence electrons. The van der Waals surface area contributed by atoms with Crippen LogP contribution >= 0.6 is 11.3 Å². The number of hydrogen-bond donors (Lipinski definition) is 2. The predicted octanol–water partition coefficient (Wildman–Crippen LogP) is 1.71. The summed E-state index contributed by atoms with van der Waals surface area (Å²) >= 11 is 0.970. The van der Waals surface area contributed by atoms with Gasteiger partial charge in [0.25, 0.3) is 5.91 Å². The molecule has 1 aliphatic carbocycles. The fourth-order valence-electron chi connectivity index (χ4n) is 2.38. The van der Waals surface area contributed by atoms with Gasteiger partial charge in [-0.1, -0.05) is 25.7 Å². The van der Waals surface area contributed by atoms with Gasteiger partial charge in [0.15, 0.2) is 0 Å². The van der Waals surface area contributed by atoms with Crippen molar-refractivity contribution in [3.05, 3.63) is 17.0 Å². The maximum atomic E-state index is 11.8. The molecule has 0 aliphatic heterocycles. The van der Waals surface area contributed by atoms with Crippen molar-refractivity contribution < 1.29 is 13.2 Å². The molecule has 1 heterocycles. The van der Waals surface area contributed by atoms with Crippen LogP contribution in [-0.4, -0.2) is 20.9 Å². The summed E-state index contributed by atoms with van der Waals surface area (Å²) in [7, 11) is -3.71. The van der Waals surface area contributed by atoms with E-state index in [4.69, 9.17) is 5.14 Å². The van der Waals surface area contributed by atoms with Crippen LogP contribution in [0.2, 0.25) is 0 Å². The summed E-state index contributed by atoms with van der Waals surface area (Å²) in [6.07, 6.45) is 6.09. The van der Waals surface area contributed by atoms with Crippen LogP contribution in [0.5, 0.6) is 0 Å². The van der Waals surface area contributed by atoms with Gasteiger partial charge in [0.1, 0.15) is 4.21 Å². The highest BCUT2D eigenvalue weighted by molar-refractivity contribution is 7.91. The second-order valence-electron chi connectivity index (χ2n) is 4.89. The van der Waals surface area contributed by atoms with Gasteiger partial charge in [-0.2, -0.15) is 0 Å². The molecule has 1 fully saturated rings. The van der Waals surface area contributed by atoms with Gasteiger partial charge in [0, 0.05) is 11.9 Å². The minimum absolute atomic E-state index is 0.0217. The van der Waals surface area contributed by atoms with E-state index in [9.17, 15) is 13.2 Å². The highest BCUT2D eigenvalue weighted by Gasteiger charge is 2.17. The first kappa shape index (κ1) is 14.5. The monoisotopic (exact) mass is 302 g/mol. The van der Waals surface area contributed by atoms with Gasteiger partial charge in [0.2, 0.25) is 10.0 Å². The van der Waals surface area contributed by atoms with E-state index in [2.05, 4.69) is 5.32 Å². The van der Waals surface area contributed by atoms with Gasteiger partial charge in [-0.3, -0.25) is 4.79 Å². The van der Waals surface area contributed by atoms with Crippen molar-refractivity contribution >= 4 is 27.3 Å². The normalized spacial score (nSPS) is 16.7. The Bertz CT molecular complexity index is 545. The van der Waals surface area contributed by atoms with E-state index in [-0.39, 0.29) is 10.1 Å². The summed E-state index contributed by atoms with van der Waals surface area (Å²) in [5.41, 5.74) is 0.362. The standard InChI is InChI=1S/C12H18N2O3S2/c13-19(16,17)11-7-10(8-18-11)12(15)14-6-5-9-3-1-2-4-9/h7-9H,1-6H2,(H,14,15)(H2,13,16,17). The van der Waals surface area contributed by atoms with Gasteiger partial charge in [-0.15, -0.1) is 11.3 Å². The molecule has 0 aromatic carbocycles. The Labute approximate surface area is 117 Å². The van der Waals surface area contributed by atoms with Gasteiger partial charge in [-0.05, 0) is 18.4 Å². The van der Waals surface area contributed by atoms with Gasteiger partial charge in [0.05, 0.1) is 5.56 Å². The highest BCUT2D eigenvalue weighted by Crippen LogP contribution is 2.27. The summed E-state index contributed by atoms with van der Waals surface area (Å²) in [6.45, 7) is 0.643. The van der Waals surface area contributed by atoms with Crippen molar-refractivity contribution in [3.8, 4) is 0 Å². The molecule has 1 aromatic rings. The molecule has 0 saturated heterocycles. The number of carbonyl (C=O) groups excluding carboxylic acids is 1. The zero-order valence-corrected chi connectivity index (χ0v) is 12.2. The Balaban J connectivity index is 1.84. The smallest absolute Gasteiger partial charge is 0.252 e. The van der Waals surface area contributed by atoms with Crippen molar-refractivity contribution in [3.63, 3.8) is 0 Å². The van der Waals surface area contributed by atoms with E-state index in [0.717, 1.165) is 23.7 Å². The summed E-state index contributed by atoms with van der Waals surface area (Å²) < 4.78 is 22.2. The lowest BCUT2D eigenvalue weighted by molar-refractivity contribution is 0.0952.